The summed E-state index contributed by atoms with van der Waals surface area (Å²) in [5, 5.41) is 0. The molecule has 0 radical (unpaired) electrons. The van der Waals surface area contributed by atoms with Crippen molar-refractivity contribution in [2.75, 3.05) is 30.2 Å². The first-order chi connectivity index (χ1) is 14.4. The molecule has 1 aromatic carbocycles. The topological polar surface area (TPSA) is 111 Å². The van der Waals surface area contributed by atoms with Crippen molar-refractivity contribution in [3.63, 3.8) is 0 Å². The van der Waals surface area contributed by atoms with Gasteiger partial charge in [0.15, 0.2) is 5.75 Å². The Morgan fingerprint density at radius 2 is 1.84 bits per heavy atom. The zero-order valence-electron chi connectivity index (χ0n) is 18.8. The van der Waals surface area contributed by atoms with Crippen LogP contribution in [-0.4, -0.2) is 62.5 Å². The number of hydrogen-bond donors (Lipinski definition) is 1. The van der Waals surface area contributed by atoms with Crippen molar-refractivity contribution in [2.24, 2.45) is 0 Å². The maximum Gasteiger partial charge on any atom is 0.410 e. The number of rotatable bonds is 7. The van der Waals surface area contributed by atoms with E-state index in [-0.39, 0.29) is 18.8 Å². The van der Waals surface area contributed by atoms with E-state index in [0.29, 0.717) is 42.9 Å². The van der Waals surface area contributed by atoms with Gasteiger partial charge in [0.2, 0.25) is 10.0 Å². The van der Waals surface area contributed by atoms with Crippen LogP contribution < -0.4 is 9.46 Å². The van der Waals surface area contributed by atoms with Gasteiger partial charge in [-0.05, 0) is 58.4 Å². The van der Waals surface area contributed by atoms with E-state index in [0.717, 1.165) is 0 Å². The average molecular weight is 457 g/mol. The number of carbonyl (C=O) groups excluding carboxylic acids is 2. The number of hydrogen-bond acceptors (Lipinski definition) is 7. The lowest BCUT2D eigenvalue weighted by Gasteiger charge is -2.33. The van der Waals surface area contributed by atoms with Crippen LogP contribution in [0.4, 0.5) is 10.5 Å². The van der Waals surface area contributed by atoms with E-state index in [1.54, 1.807) is 36.9 Å². The Balaban J connectivity index is 1.90. The largest absolute Gasteiger partial charge is 0.490 e. The van der Waals surface area contributed by atoms with Gasteiger partial charge in [0.05, 0.1) is 12.3 Å². The maximum absolute atomic E-state index is 12.2. The van der Waals surface area contributed by atoms with E-state index >= 15 is 0 Å². The number of ether oxygens (including phenoxy) is 3. The predicted octanol–water partition coefficient (Wildman–Crippen LogP) is 3.08. The van der Waals surface area contributed by atoms with Crippen molar-refractivity contribution in [2.45, 2.75) is 59.2 Å². The summed E-state index contributed by atoms with van der Waals surface area (Å²) in [6.45, 7) is 10.1. The predicted molar refractivity (Wildman–Crippen MR) is 117 cm³/mol. The summed E-state index contributed by atoms with van der Waals surface area (Å²) in [7, 11) is -3.86. The minimum absolute atomic E-state index is 0.0514. The highest BCUT2D eigenvalue weighted by Crippen LogP contribution is 2.25. The minimum Gasteiger partial charge on any atom is -0.490 e. The van der Waals surface area contributed by atoms with Crippen LogP contribution in [0.15, 0.2) is 18.2 Å². The van der Waals surface area contributed by atoms with Crippen LogP contribution >= 0.6 is 0 Å². The van der Waals surface area contributed by atoms with E-state index in [9.17, 15) is 18.0 Å². The highest BCUT2D eigenvalue weighted by Gasteiger charge is 2.27. The average Bonchev–Trinajstić information content (AvgIpc) is 2.63. The van der Waals surface area contributed by atoms with Crippen LogP contribution in [0.5, 0.6) is 5.75 Å². The van der Waals surface area contributed by atoms with Gasteiger partial charge in [-0.3, -0.25) is 9.52 Å². The molecule has 0 aliphatic carbocycles. The summed E-state index contributed by atoms with van der Waals surface area (Å²) in [6.07, 6.45) is 0.976. The number of nitrogens with one attached hydrogen (secondary N) is 1. The summed E-state index contributed by atoms with van der Waals surface area (Å²) in [4.78, 5) is 25.3. The SMILES string of the molecule is CCOC(=O)CS(=O)(=O)Nc1ccc(OC2CCN(C(=O)OC(C)(C)C)CC2)cc1C. The first-order valence-corrected chi connectivity index (χ1v) is 11.9. The van der Waals surface area contributed by atoms with E-state index < -0.39 is 27.3 Å². The Bertz CT molecular complexity index is 885. The number of carbonyl (C=O) groups is 2. The fourth-order valence-corrected chi connectivity index (χ4v) is 4.09. The summed E-state index contributed by atoms with van der Waals surface area (Å²) in [5.41, 5.74) is 0.508. The second kappa shape index (κ2) is 10.2. The number of aryl methyl sites for hydroxylation is 1. The molecule has 1 aromatic rings. The second-order valence-electron chi connectivity index (χ2n) is 8.43. The first kappa shape index (κ1) is 24.8. The standard InChI is InChI=1S/C21H32N2O7S/c1-6-28-19(24)14-31(26,27)22-18-8-7-17(13-15(18)2)29-16-9-11-23(12-10-16)20(25)30-21(3,4)5/h7-8,13,16,22H,6,9-12,14H2,1-5H3. The summed E-state index contributed by atoms with van der Waals surface area (Å²) < 4.78 is 42.8. The number of anilines is 1. The molecule has 10 heteroatoms. The van der Waals surface area contributed by atoms with Gasteiger partial charge in [0.25, 0.3) is 0 Å². The molecular formula is C21H32N2O7S. The molecule has 1 N–H and O–H groups in total. The molecule has 2 rings (SSSR count). The van der Waals surface area contributed by atoms with Crippen LogP contribution in [0, 0.1) is 6.92 Å². The van der Waals surface area contributed by atoms with Gasteiger partial charge in [-0.25, -0.2) is 13.2 Å². The zero-order valence-corrected chi connectivity index (χ0v) is 19.6. The first-order valence-electron chi connectivity index (χ1n) is 10.3. The fourth-order valence-electron chi connectivity index (χ4n) is 3.06. The number of esters is 1. The van der Waals surface area contributed by atoms with Crippen LogP contribution in [0.2, 0.25) is 0 Å². The van der Waals surface area contributed by atoms with Crippen molar-refractivity contribution in [1.29, 1.82) is 0 Å². The minimum atomic E-state index is -3.86. The van der Waals surface area contributed by atoms with Crippen LogP contribution in [0.3, 0.4) is 0 Å². The lowest BCUT2D eigenvalue weighted by Crippen LogP contribution is -2.44. The summed E-state index contributed by atoms with van der Waals surface area (Å²) in [6, 6.07) is 5.01. The Kier molecular flexibility index (Phi) is 8.16. The van der Waals surface area contributed by atoms with Crippen molar-refractivity contribution in [3.8, 4) is 5.75 Å². The molecule has 0 atom stereocenters. The van der Waals surface area contributed by atoms with Gasteiger partial charge in [-0.2, -0.15) is 0 Å². The highest BCUT2D eigenvalue weighted by molar-refractivity contribution is 7.93. The number of nitrogens with zero attached hydrogens (tertiary/aromatic N) is 1. The Labute approximate surface area is 184 Å². The highest BCUT2D eigenvalue weighted by atomic mass is 32.2. The zero-order chi connectivity index (χ0) is 23.2. The lowest BCUT2D eigenvalue weighted by molar-refractivity contribution is -0.139. The molecule has 0 aromatic heterocycles. The number of sulfonamides is 1. The van der Waals surface area contributed by atoms with Crippen LogP contribution in [0.1, 0.15) is 46.1 Å². The van der Waals surface area contributed by atoms with E-state index in [1.807, 2.05) is 20.8 Å². The van der Waals surface area contributed by atoms with Crippen molar-refractivity contribution < 1.29 is 32.2 Å². The third kappa shape index (κ3) is 8.28. The molecule has 1 amide bonds. The monoisotopic (exact) mass is 456 g/mol. The normalized spacial score (nSPS) is 15.3. The van der Waals surface area contributed by atoms with Gasteiger partial charge < -0.3 is 19.1 Å². The van der Waals surface area contributed by atoms with Crippen molar-refractivity contribution >= 4 is 27.8 Å². The van der Waals surface area contributed by atoms with Crippen LogP contribution in [0.25, 0.3) is 0 Å². The van der Waals surface area contributed by atoms with E-state index in [4.69, 9.17) is 9.47 Å². The third-order valence-electron chi connectivity index (χ3n) is 4.47. The van der Waals surface area contributed by atoms with E-state index in [1.165, 1.54) is 0 Å². The Hall–Kier alpha value is -2.49. The molecule has 0 unspecified atom stereocenters. The smallest absolute Gasteiger partial charge is 0.410 e. The molecule has 0 bridgehead atoms. The van der Waals surface area contributed by atoms with Crippen molar-refractivity contribution in [3.05, 3.63) is 23.8 Å². The van der Waals surface area contributed by atoms with Gasteiger partial charge in [0.1, 0.15) is 17.5 Å². The van der Waals surface area contributed by atoms with Gasteiger partial charge in [0, 0.05) is 25.9 Å². The molecule has 0 saturated carbocycles. The Morgan fingerprint density at radius 1 is 1.19 bits per heavy atom. The molecule has 1 heterocycles. The molecule has 0 spiro atoms. The van der Waals surface area contributed by atoms with Gasteiger partial charge in [-0.15, -0.1) is 0 Å². The molecule has 1 aliphatic rings. The molecule has 1 fully saturated rings. The Morgan fingerprint density at radius 3 is 2.39 bits per heavy atom. The second-order valence-corrected chi connectivity index (χ2v) is 10.1. The van der Waals surface area contributed by atoms with Crippen molar-refractivity contribution in [1.82, 2.24) is 4.90 Å². The van der Waals surface area contributed by atoms with Crippen LogP contribution in [-0.2, 0) is 24.3 Å². The van der Waals surface area contributed by atoms with Gasteiger partial charge >= 0.3 is 12.1 Å². The molecule has 174 valence electrons. The maximum atomic E-state index is 12.2. The fraction of sp³-hybridized carbons (Fsp3) is 0.619. The molecule has 9 nitrogen and oxygen atoms in total. The molecule has 31 heavy (non-hydrogen) atoms. The molecule has 1 aliphatic heterocycles. The third-order valence-corrected chi connectivity index (χ3v) is 5.62. The summed E-state index contributed by atoms with van der Waals surface area (Å²) >= 11 is 0. The number of amides is 1. The molecule has 1 saturated heterocycles. The molecular weight excluding hydrogens is 424 g/mol. The van der Waals surface area contributed by atoms with E-state index in [2.05, 4.69) is 9.46 Å². The number of likely N-dealkylation sites (tertiary alicyclic amines) is 1. The number of benzene rings is 1. The quantitative estimate of drug-likeness (QED) is 0.628. The lowest BCUT2D eigenvalue weighted by atomic mass is 10.1. The van der Waals surface area contributed by atoms with Gasteiger partial charge in [-0.1, -0.05) is 0 Å². The summed E-state index contributed by atoms with van der Waals surface area (Å²) in [5.74, 6) is -0.929. The number of piperidine rings is 1.